The van der Waals surface area contributed by atoms with Crippen molar-refractivity contribution in [1.29, 1.82) is 0 Å². The zero-order valence-corrected chi connectivity index (χ0v) is 14.1. The Morgan fingerprint density at radius 3 is 2.38 bits per heavy atom. The van der Waals surface area contributed by atoms with Crippen LogP contribution in [0.5, 0.6) is 17.2 Å². The molecule has 0 saturated carbocycles. The molecule has 0 fully saturated rings. The van der Waals surface area contributed by atoms with Gasteiger partial charge in [-0.25, -0.2) is 0 Å². The molecule has 0 bridgehead atoms. The van der Waals surface area contributed by atoms with Gasteiger partial charge in [0.25, 0.3) is 5.91 Å². The van der Waals surface area contributed by atoms with Gasteiger partial charge in [-0.1, -0.05) is 23.8 Å². The highest BCUT2D eigenvalue weighted by atomic mass is 16.5. The molecule has 0 radical (unpaired) electrons. The van der Waals surface area contributed by atoms with Crippen molar-refractivity contribution in [3.63, 3.8) is 0 Å². The summed E-state index contributed by atoms with van der Waals surface area (Å²) in [7, 11) is 0. The average molecular weight is 329 g/mol. The molecule has 0 aliphatic heterocycles. The lowest BCUT2D eigenvalue weighted by atomic mass is 10.2. The second-order valence-corrected chi connectivity index (χ2v) is 5.21. The molecule has 1 amide bonds. The molecule has 0 atom stereocenters. The van der Waals surface area contributed by atoms with Crippen molar-refractivity contribution in [3.05, 3.63) is 54.1 Å². The average Bonchev–Trinajstić information content (AvgIpc) is 2.59. The van der Waals surface area contributed by atoms with Crippen LogP contribution in [-0.4, -0.2) is 32.3 Å². The lowest BCUT2D eigenvalue weighted by molar-refractivity contribution is -0.123. The SMILES string of the molecule is CCOc1cccc(OCCNC(=O)COc2ccc(C)cc2)c1. The van der Waals surface area contributed by atoms with E-state index >= 15 is 0 Å². The van der Waals surface area contributed by atoms with Gasteiger partial charge in [-0.15, -0.1) is 0 Å². The Kier molecular flexibility index (Phi) is 6.95. The van der Waals surface area contributed by atoms with Gasteiger partial charge in [0.15, 0.2) is 6.61 Å². The predicted molar refractivity (Wildman–Crippen MR) is 92.8 cm³/mol. The number of hydrogen-bond donors (Lipinski definition) is 1. The van der Waals surface area contributed by atoms with Gasteiger partial charge >= 0.3 is 0 Å². The third kappa shape index (κ3) is 6.20. The van der Waals surface area contributed by atoms with Crippen molar-refractivity contribution in [2.75, 3.05) is 26.4 Å². The summed E-state index contributed by atoms with van der Waals surface area (Å²) in [4.78, 5) is 11.7. The van der Waals surface area contributed by atoms with Crippen LogP contribution >= 0.6 is 0 Å². The lowest BCUT2D eigenvalue weighted by Crippen LogP contribution is -2.32. The first kappa shape index (κ1) is 17.7. The quantitative estimate of drug-likeness (QED) is 0.719. The summed E-state index contributed by atoms with van der Waals surface area (Å²) >= 11 is 0. The summed E-state index contributed by atoms with van der Waals surface area (Å²) in [5.74, 6) is 1.98. The first-order chi connectivity index (χ1) is 11.7. The van der Waals surface area contributed by atoms with E-state index in [0.29, 0.717) is 31.3 Å². The number of aryl methyl sites for hydroxylation is 1. The first-order valence-corrected chi connectivity index (χ1v) is 7.99. The van der Waals surface area contributed by atoms with Gasteiger partial charge in [-0.3, -0.25) is 4.79 Å². The second kappa shape index (κ2) is 9.45. The number of carbonyl (C=O) groups is 1. The minimum atomic E-state index is -0.178. The normalized spacial score (nSPS) is 10.1. The van der Waals surface area contributed by atoms with Crippen LogP contribution < -0.4 is 19.5 Å². The van der Waals surface area contributed by atoms with E-state index in [-0.39, 0.29) is 12.5 Å². The summed E-state index contributed by atoms with van der Waals surface area (Å²) in [5, 5.41) is 2.75. The summed E-state index contributed by atoms with van der Waals surface area (Å²) in [6, 6.07) is 15.0. The van der Waals surface area contributed by atoms with Crippen molar-refractivity contribution in [1.82, 2.24) is 5.32 Å². The Bertz CT molecular complexity index is 640. The molecule has 2 rings (SSSR count). The van der Waals surface area contributed by atoms with Gasteiger partial charge in [0, 0.05) is 6.07 Å². The topological polar surface area (TPSA) is 56.8 Å². The van der Waals surface area contributed by atoms with E-state index in [1.54, 1.807) is 0 Å². The third-order valence-corrected chi connectivity index (χ3v) is 3.20. The molecule has 5 heteroatoms. The van der Waals surface area contributed by atoms with Crippen LogP contribution in [0, 0.1) is 6.92 Å². The van der Waals surface area contributed by atoms with E-state index in [2.05, 4.69) is 5.32 Å². The van der Waals surface area contributed by atoms with Crippen LogP contribution in [-0.2, 0) is 4.79 Å². The molecule has 5 nitrogen and oxygen atoms in total. The molecule has 2 aromatic carbocycles. The van der Waals surface area contributed by atoms with Crippen LogP contribution in [0.25, 0.3) is 0 Å². The Balaban J connectivity index is 1.64. The van der Waals surface area contributed by atoms with Crippen molar-refractivity contribution >= 4 is 5.91 Å². The second-order valence-electron chi connectivity index (χ2n) is 5.21. The summed E-state index contributed by atoms with van der Waals surface area (Å²) < 4.78 is 16.4. The number of amides is 1. The number of nitrogens with one attached hydrogen (secondary N) is 1. The zero-order valence-electron chi connectivity index (χ0n) is 14.1. The number of ether oxygens (including phenoxy) is 3. The van der Waals surface area contributed by atoms with E-state index in [9.17, 15) is 4.79 Å². The molecule has 1 N–H and O–H groups in total. The molecule has 0 spiro atoms. The molecule has 0 aliphatic rings. The fourth-order valence-electron chi connectivity index (χ4n) is 2.01. The highest BCUT2D eigenvalue weighted by molar-refractivity contribution is 5.77. The van der Waals surface area contributed by atoms with Gasteiger partial charge in [0.05, 0.1) is 13.2 Å². The first-order valence-electron chi connectivity index (χ1n) is 7.99. The Morgan fingerprint density at radius 1 is 0.958 bits per heavy atom. The fraction of sp³-hybridized carbons (Fsp3) is 0.316. The molecule has 0 aromatic heterocycles. The molecular formula is C19H23NO4. The van der Waals surface area contributed by atoms with E-state index in [4.69, 9.17) is 14.2 Å². The van der Waals surface area contributed by atoms with Crippen LogP contribution in [0.2, 0.25) is 0 Å². The molecule has 24 heavy (non-hydrogen) atoms. The number of rotatable bonds is 9. The summed E-state index contributed by atoms with van der Waals surface area (Å²) in [6.45, 7) is 5.33. The maximum atomic E-state index is 11.7. The summed E-state index contributed by atoms with van der Waals surface area (Å²) in [5.41, 5.74) is 1.15. The van der Waals surface area contributed by atoms with Gasteiger partial charge in [0.2, 0.25) is 0 Å². The molecule has 0 aliphatic carbocycles. The molecular weight excluding hydrogens is 306 g/mol. The Morgan fingerprint density at radius 2 is 1.67 bits per heavy atom. The molecule has 0 unspecified atom stereocenters. The largest absolute Gasteiger partial charge is 0.494 e. The van der Waals surface area contributed by atoms with Crippen LogP contribution in [0.1, 0.15) is 12.5 Å². The number of hydrogen-bond acceptors (Lipinski definition) is 4. The highest BCUT2D eigenvalue weighted by Crippen LogP contribution is 2.19. The Hall–Kier alpha value is -2.69. The van der Waals surface area contributed by atoms with E-state index in [0.717, 1.165) is 11.3 Å². The predicted octanol–water partition coefficient (Wildman–Crippen LogP) is 2.97. The third-order valence-electron chi connectivity index (χ3n) is 3.20. The molecule has 0 saturated heterocycles. The molecule has 0 heterocycles. The van der Waals surface area contributed by atoms with Crippen molar-refractivity contribution in [2.24, 2.45) is 0 Å². The van der Waals surface area contributed by atoms with Gasteiger partial charge in [0.1, 0.15) is 23.9 Å². The van der Waals surface area contributed by atoms with Crippen molar-refractivity contribution in [3.8, 4) is 17.2 Å². The van der Waals surface area contributed by atoms with Crippen LogP contribution in [0.3, 0.4) is 0 Å². The van der Waals surface area contributed by atoms with Crippen LogP contribution in [0.15, 0.2) is 48.5 Å². The smallest absolute Gasteiger partial charge is 0.258 e. The monoisotopic (exact) mass is 329 g/mol. The van der Waals surface area contributed by atoms with E-state index < -0.39 is 0 Å². The van der Waals surface area contributed by atoms with E-state index in [1.807, 2.05) is 62.4 Å². The van der Waals surface area contributed by atoms with Crippen LogP contribution in [0.4, 0.5) is 0 Å². The fourth-order valence-corrected chi connectivity index (χ4v) is 2.01. The van der Waals surface area contributed by atoms with E-state index in [1.165, 1.54) is 0 Å². The summed E-state index contributed by atoms with van der Waals surface area (Å²) in [6.07, 6.45) is 0. The van der Waals surface area contributed by atoms with Crippen molar-refractivity contribution in [2.45, 2.75) is 13.8 Å². The van der Waals surface area contributed by atoms with Gasteiger partial charge in [-0.2, -0.15) is 0 Å². The Labute approximate surface area is 142 Å². The minimum Gasteiger partial charge on any atom is -0.494 e. The van der Waals surface area contributed by atoms with Gasteiger partial charge < -0.3 is 19.5 Å². The standard InChI is InChI=1S/C19H23NO4/c1-3-22-17-5-4-6-18(13-17)23-12-11-20-19(21)14-24-16-9-7-15(2)8-10-16/h4-10,13H,3,11-12,14H2,1-2H3,(H,20,21). The zero-order chi connectivity index (χ0) is 17.2. The number of carbonyl (C=O) groups excluding carboxylic acids is 1. The maximum absolute atomic E-state index is 11.7. The lowest BCUT2D eigenvalue weighted by Gasteiger charge is -2.10. The number of benzene rings is 2. The highest BCUT2D eigenvalue weighted by Gasteiger charge is 2.03. The van der Waals surface area contributed by atoms with Gasteiger partial charge in [-0.05, 0) is 38.1 Å². The maximum Gasteiger partial charge on any atom is 0.258 e. The van der Waals surface area contributed by atoms with Crippen molar-refractivity contribution < 1.29 is 19.0 Å². The molecule has 128 valence electrons. The molecule has 2 aromatic rings. The minimum absolute atomic E-state index is 0.0110.